The smallest absolute Gasteiger partial charge is 0.276 e. The van der Waals surface area contributed by atoms with Crippen LogP contribution in [0.1, 0.15) is 10.5 Å². The Kier molecular flexibility index (Phi) is 3.59. The van der Waals surface area contributed by atoms with Gasteiger partial charge >= 0.3 is 0 Å². The maximum absolute atomic E-state index is 12.3. The molecule has 0 aliphatic rings. The summed E-state index contributed by atoms with van der Waals surface area (Å²) in [5, 5.41) is 17.5. The van der Waals surface area contributed by atoms with E-state index in [1.54, 1.807) is 18.5 Å². The number of anilines is 1. The van der Waals surface area contributed by atoms with Crippen LogP contribution in [-0.4, -0.2) is 32.5 Å². The number of nitro benzene ring substituents is 1. The second kappa shape index (κ2) is 5.72. The lowest BCUT2D eigenvalue weighted by atomic mass is 10.2. The minimum Gasteiger partial charge on any atom is -0.494 e. The maximum atomic E-state index is 12.3. The van der Waals surface area contributed by atoms with Gasteiger partial charge in [0.25, 0.3) is 11.6 Å². The summed E-state index contributed by atoms with van der Waals surface area (Å²) in [5.74, 6) is -0.280. The fraction of sp³-hybridized carbons (Fsp3) is 0.0714. The number of fused-ring (bicyclic) bond motifs is 1. The quantitative estimate of drug-likeness (QED) is 0.581. The zero-order valence-corrected chi connectivity index (χ0v) is 12.0. The first-order valence-electron chi connectivity index (χ1n) is 6.52. The minimum absolute atomic E-state index is 0.128. The Labute approximate surface area is 129 Å². The van der Waals surface area contributed by atoms with Crippen LogP contribution in [0.3, 0.4) is 0 Å². The van der Waals surface area contributed by atoms with E-state index in [2.05, 4.69) is 15.4 Å². The number of hydrogen-bond acceptors (Lipinski definition) is 6. The largest absolute Gasteiger partial charge is 0.494 e. The van der Waals surface area contributed by atoms with Crippen LogP contribution in [0.25, 0.3) is 5.65 Å². The molecule has 1 amide bonds. The molecule has 3 aromatic rings. The number of methoxy groups -OCH3 is 1. The molecule has 1 aromatic carbocycles. The van der Waals surface area contributed by atoms with Gasteiger partial charge in [0.05, 0.1) is 23.8 Å². The van der Waals surface area contributed by atoms with Gasteiger partial charge in [-0.25, -0.2) is 9.50 Å². The van der Waals surface area contributed by atoms with Crippen molar-refractivity contribution in [3.63, 3.8) is 0 Å². The van der Waals surface area contributed by atoms with E-state index in [1.807, 2.05) is 0 Å². The number of aromatic nitrogens is 3. The number of ether oxygens (including phenoxy) is 1. The Morgan fingerprint density at radius 1 is 1.39 bits per heavy atom. The van der Waals surface area contributed by atoms with Crippen molar-refractivity contribution in [3.05, 3.63) is 58.5 Å². The summed E-state index contributed by atoms with van der Waals surface area (Å²) in [6, 6.07) is 7.15. The van der Waals surface area contributed by atoms with Crippen molar-refractivity contribution in [2.75, 3.05) is 12.4 Å². The number of rotatable bonds is 4. The lowest BCUT2D eigenvalue weighted by molar-refractivity contribution is -0.384. The molecule has 0 saturated carbocycles. The molecule has 2 heterocycles. The van der Waals surface area contributed by atoms with Crippen LogP contribution in [0.5, 0.6) is 5.75 Å². The number of benzene rings is 1. The SMILES string of the molecule is COc1cc([N+](=O)[O-])ccc1NC(=O)c1cc2ncccn2n1. The van der Waals surface area contributed by atoms with E-state index in [0.29, 0.717) is 11.3 Å². The van der Waals surface area contributed by atoms with Crippen molar-refractivity contribution < 1.29 is 14.5 Å². The molecule has 0 spiro atoms. The first kappa shape index (κ1) is 14.4. The van der Waals surface area contributed by atoms with Crippen molar-refractivity contribution >= 4 is 22.9 Å². The number of hydrogen-bond donors (Lipinski definition) is 1. The van der Waals surface area contributed by atoms with E-state index in [1.165, 1.54) is 35.9 Å². The topological polar surface area (TPSA) is 112 Å². The molecule has 0 saturated heterocycles. The molecule has 0 radical (unpaired) electrons. The molecule has 23 heavy (non-hydrogen) atoms. The molecular formula is C14H11N5O4. The average molecular weight is 313 g/mol. The molecule has 0 atom stereocenters. The van der Waals surface area contributed by atoms with Gasteiger partial charge in [0.2, 0.25) is 0 Å². The van der Waals surface area contributed by atoms with Gasteiger partial charge in [-0.1, -0.05) is 0 Å². The minimum atomic E-state index is -0.540. The van der Waals surface area contributed by atoms with Crippen molar-refractivity contribution in [1.82, 2.24) is 14.6 Å². The summed E-state index contributed by atoms with van der Waals surface area (Å²) in [6.45, 7) is 0. The molecule has 3 rings (SSSR count). The number of nitrogens with zero attached hydrogens (tertiary/aromatic N) is 4. The molecule has 116 valence electrons. The van der Waals surface area contributed by atoms with Gasteiger partial charge in [-0.3, -0.25) is 14.9 Å². The number of nitrogens with one attached hydrogen (secondary N) is 1. The Morgan fingerprint density at radius 3 is 2.91 bits per heavy atom. The van der Waals surface area contributed by atoms with E-state index in [0.717, 1.165) is 0 Å². The highest BCUT2D eigenvalue weighted by atomic mass is 16.6. The zero-order chi connectivity index (χ0) is 16.4. The van der Waals surface area contributed by atoms with Crippen molar-refractivity contribution in [2.24, 2.45) is 0 Å². The number of non-ortho nitro benzene ring substituents is 1. The normalized spacial score (nSPS) is 10.5. The predicted octanol–water partition coefficient (Wildman–Crippen LogP) is 1.90. The van der Waals surface area contributed by atoms with E-state index in [9.17, 15) is 14.9 Å². The van der Waals surface area contributed by atoms with E-state index in [4.69, 9.17) is 4.74 Å². The molecule has 0 aliphatic heterocycles. The first-order chi connectivity index (χ1) is 11.1. The molecule has 0 unspecified atom stereocenters. The van der Waals surface area contributed by atoms with Crippen molar-refractivity contribution in [1.29, 1.82) is 0 Å². The third-order valence-corrected chi connectivity index (χ3v) is 3.11. The second-order valence-electron chi connectivity index (χ2n) is 4.55. The number of amides is 1. The number of carbonyl (C=O) groups excluding carboxylic acids is 1. The summed E-state index contributed by atoms with van der Waals surface area (Å²) in [4.78, 5) is 26.6. The summed E-state index contributed by atoms with van der Waals surface area (Å²) in [5.41, 5.74) is 0.891. The predicted molar refractivity (Wildman–Crippen MR) is 80.6 cm³/mol. The monoisotopic (exact) mass is 313 g/mol. The van der Waals surface area contributed by atoms with Gasteiger partial charge < -0.3 is 10.1 Å². The molecule has 0 fully saturated rings. The van der Waals surface area contributed by atoms with Gasteiger partial charge in [-0.05, 0) is 12.1 Å². The highest BCUT2D eigenvalue weighted by molar-refractivity contribution is 6.04. The standard InChI is InChI=1S/C14H11N5O4/c1-23-12-7-9(19(21)22)3-4-10(12)16-14(20)11-8-13-15-5-2-6-18(13)17-11/h2-8H,1H3,(H,16,20). The summed E-state index contributed by atoms with van der Waals surface area (Å²) in [7, 11) is 1.36. The molecule has 2 aromatic heterocycles. The lowest BCUT2D eigenvalue weighted by Crippen LogP contribution is -2.13. The van der Waals surface area contributed by atoms with Crippen LogP contribution in [0, 0.1) is 10.1 Å². The highest BCUT2D eigenvalue weighted by Gasteiger charge is 2.16. The van der Waals surface area contributed by atoms with E-state index in [-0.39, 0.29) is 17.1 Å². The number of carbonyl (C=O) groups is 1. The van der Waals surface area contributed by atoms with Crippen molar-refractivity contribution in [3.8, 4) is 5.75 Å². The van der Waals surface area contributed by atoms with Crippen molar-refractivity contribution in [2.45, 2.75) is 0 Å². The fourth-order valence-corrected chi connectivity index (χ4v) is 2.02. The third-order valence-electron chi connectivity index (χ3n) is 3.11. The number of nitro groups is 1. The Morgan fingerprint density at radius 2 is 2.22 bits per heavy atom. The maximum Gasteiger partial charge on any atom is 0.276 e. The summed E-state index contributed by atoms with van der Waals surface area (Å²) < 4.78 is 6.55. The lowest BCUT2D eigenvalue weighted by Gasteiger charge is -2.08. The van der Waals surface area contributed by atoms with Gasteiger partial charge in [0, 0.05) is 24.5 Å². The molecule has 0 bridgehead atoms. The first-order valence-corrected chi connectivity index (χ1v) is 6.52. The molecule has 9 nitrogen and oxygen atoms in total. The van der Waals surface area contributed by atoms with Gasteiger partial charge in [-0.2, -0.15) is 5.10 Å². The molecule has 9 heteroatoms. The Balaban J connectivity index is 1.88. The van der Waals surface area contributed by atoms with E-state index < -0.39 is 10.8 Å². The third kappa shape index (κ3) is 2.79. The van der Waals surface area contributed by atoms with Crippen LogP contribution in [0.2, 0.25) is 0 Å². The zero-order valence-electron chi connectivity index (χ0n) is 12.0. The molecular weight excluding hydrogens is 302 g/mol. The van der Waals surface area contributed by atoms with Crippen LogP contribution >= 0.6 is 0 Å². The van der Waals surface area contributed by atoms with Crippen LogP contribution < -0.4 is 10.1 Å². The summed E-state index contributed by atoms with van der Waals surface area (Å²) in [6.07, 6.45) is 3.27. The highest BCUT2D eigenvalue weighted by Crippen LogP contribution is 2.29. The van der Waals surface area contributed by atoms with Gasteiger partial charge in [0.15, 0.2) is 11.3 Å². The van der Waals surface area contributed by atoms with Crippen LogP contribution in [-0.2, 0) is 0 Å². The van der Waals surface area contributed by atoms with Crippen LogP contribution in [0.15, 0.2) is 42.7 Å². The van der Waals surface area contributed by atoms with Gasteiger partial charge in [0.1, 0.15) is 5.75 Å². The Hall–Kier alpha value is -3.49. The summed E-state index contributed by atoms with van der Waals surface area (Å²) >= 11 is 0. The average Bonchev–Trinajstić information content (AvgIpc) is 2.99. The van der Waals surface area contributed by atoms with E-state index >= 15 is 0 Å². The van der Waals surface area contributed by atoms with Crippen LogP contribution in [0.4, 0.5) is 11.4 Å². The molecule has 1 N–H and O–H groups in total. The molecule has 0 aliphatic carbocycles. The second-order valence-corrected chi connectivity index (χ2v) is 4.55. The Bertz CT molecular complexity index is 872. The fourth-order valence-electron chi connectivity index (χ4n) is 2.02. The van der Waals surface area contributed by atoms with Gasteiger partial charge in [-0.15, -0.1) is 0 Å².